The Morgan fingerprint density at radius 2 is 1.85 bits per heavy atom. The number of carbonyl (C=O) groups is 1. The molecule has 0 aromatic heterocycles. The first-order valence-electron chi connectivity index (χ1n) is 5.58. The number of amides is 1. The van der Waals surface area contributed by atoms with Crippen LogP contribution in [0.3, 0.4) is 0 Å². The van der Waals surface area contributed by atoms with E-state index < -0.39 is 36.2 Å². The Balaban J connectivity index is 3.29. The number of nitro groups is 1. The largest absolute Gasteiger partial charge is 0.394 e. The van der Waals surface area contributed by atoms with Crippen LogP contribution in [0.2, 0.25) is 0 Å². The number of carbonyl (C=O) groups excluding carboxylic acids is 1. The van der Waals surface area contributed by atoms with E-state index in [1.807, 2.05) is 0 Å². The van der Waals surface area contributed by atoms with Crippen LogP contribution >= 0.6 is 0 Å². The molecule has 0 atom stereocenters. The van der Waals surface area contributed by atoms with E-state index in [0.717, 1.165) is 12.1 Å². The van der Waals surface area contributed by atoms with Crippen LogP contribution in [0.4, 0.5) is 11.4 Å². The Labute approximate surface area is 113 Å². The van der Waals surface area contributed by atoms with Crippen molar-refractivity contribution in [1.29, 1.82) is 0 Å². The Bertz CT molecular complexity index is 507. The first-order valence-corrected chi connectivity index (χ1v) is 5.58. The van der Waals surface area contributed by atoms with Gasteiger partial charge in [-0.2, -0.15) is 0 Å². The van der Waals surface area contributed by atoms with Crippen LogP contribution in [0, 0.1) is 10.1 Å². The normalized spacial score (nSPS) is 11.2. The molecule has 0 unspecified atom stereocenters. The van der Waals surface area contributed by atoms with Gasteiger partial charge in [-0.05, 0) is 12.1 Å². The van der Waals surface area contributed by atoms with Gasteiger partial charge in [0, 0.05) is 11.6 Å². The van der Waals surface area contributed by atoms with E-state index in [4.69, 9.17) is 5.73 Å². The summed E-state index contributed by atoms with van der Waals surface area (Å²) in [4.78, 5) is 21.3. The fourth-order valence-electron chi connectivity index (χ4n) is 1.50. The molecule has 110 valence electrons. The van der Waals surface area contributed by atoms with Crippen molar-refractivity contribution in [2.45, 2.75) is 5.54 Å². The second-order valence-electron chi connectivity index (χ2n) is 4.23. The number of nitrogens with one attached hydrogen (secondary N) is 1. The lowest BCUT2D eigenvalue weighted by molar-refractivity contribution is -0.384. The Hall–Kier alpha value is -2.23. The summed E-state index contributed by atoms with van der Waals surface area (Å²) in [5, 5.41) is 41.0. The first kappa shape index (κ1) is 15.8. The molecule has 9 heteroatoms. The summed E-state index contributed by atoms with van der Waals surface area (Å²) in [6, 6.07) is 3.37. The molecule has 0 bridgehead atoms. The number of nitrogens with zero attached hydrogens (tertiary/aromatic N) is 1. The maximum Gasteiger partial charge on any atom is 0.292 e. The highest BCUT2D eigenvalue weighted by Crippen LogP contribution is 2.28. The molecule has 0 aliphatic heterocycles. The zero-order valence-corrected chi connectivity index (χ0v) is 10.4. The minimum Gasteiger partial charge on any atom is -0.394 e. The van der Waals surface area contributed by atoms with Gasteiger partial charge in [0.15, 0.2) is 0 Å². The molecule has 9 nitrogen and oxygen atoms in total. The lowest BCUT2D eigenvalue weighted by Gasteiger charge is -2.29. The SMILES string of the molecule is NC(=O)c1ccc([N+](=O)[O-])c(NC(CO)(CO)CO)c1. The standard InChI is InChI=1S/C11H15N3O6/c12-10(18)7-1-2-9(14(19)20)8(3-7)13-11(4-15,5-16)6-17/h1-3,13,15-17H,4-6H2,(H2,12,18). The molecule has 6 N–H and O–H groups in total. The van der Waals surface area contributed by atoms with Crippen molar-refractivity contribution in [2.75, 3.05) is 25.1 Å². The number of primary amides is 1. The number of aliphatic hydroxyl groups excluding tert-OH is 3. The van der Waals surface area contributed by atoms with Crippen molar-refractivity contribution in [3.63, 3.8) is 0 Å². The van der Waals surface area contributed by atoms with E-state index in [0.29, 0.717) is 0 Å². The molecule has 1 aromatic rings. The number of aliphatic hydroxyl groups is 3. The number of nitro benzene ring substituents is 1. The fourth-order valence-corrected chi connectivity index (χ4v) is 1.50. The number of hydrogen-bond donors (Lipinski definition) is 5. The maximum atomic E-state index is 11.1. The lowest BCUT2D eigenvalue weighted by atomic mass is 10.0. The van der Waals surface area contributed by atoms with Crippen LogP contribution < -0.4 is 11.1 Å². The molecule has 0 heterocycles. The number of nitrogens with two attached hydrogens (primary N) is 1. The third kappa shape index (κ3) is 3.20. The zero-order chi connectivity index (χ0) is 15.3. The van der Waals surface area contributed by atoms with Crippen molar-refractivity contribution in [3.05, 3.63) is 33.9 Å². The maximum absolute atomic E-state index is 11.1. The first-order chi connectivity index (χ1) is 9.39. The molecule has 0 spiro atoms. The predicted molar refractivity (Wildman–Crippen MR) is 69.2 cm³/mol. The molecule has 1 rings (SSSR count). The molecule has 1 amide bonds. The van der Waals surface area contributed by atoms with E-state index in [9.17, 15) is 30.2 Å². The quantitative estimate of drug-likeness (QED) is 0.311. The van der Waals surface area contributed by atoms with Crippen molar-refractivity contribution < 1.29 is 25.0 Å². The summed E-state index contributed by atoms with van der Waals surface area (Å²) in [5.74, 6) is -0.787. The molecule has 1 aromatic carbocycles. The van der Waals surface area contributed by atoms with Crippen LogP contribution in [0.25, 0.3) is 0 Å². The number of benzene rings is 1. The Kier molecular flexibility index (Phi) is 4.97. The Morgan fingerprint density at radius 1 is 1.30 bits per heavy atom. The summed E-state index contributed by atoms with van der Waals surface area (Å²) >= 11 is 0. The van der Waals surface area contributed by atoms with Gasteiger partial charge in [0.05, 0.1) is 24.7 Å². The van der Waals surface area contributed by atoms with Gasteiger partial charge in [0.1, 0.15) is 11.2 Å². The van der Waals surface area contributed by atoms with Crippen molar-refractivity contribution in [1.82, 2.24) is 0 Å². The van der Waals surface area contributed by atoms with E-state index in [2.05, 4.69) is 5.32 Å². The molecule has 0 aliphatic rings. The van der Waals surface area contributed by atoms with Gasteiger partial charge in [-0.1, -0.05) is 0 Å². The molecular weight excluding hydrogens is 270 g/mol. The number of rotatable bonds is 7. The highest BCUT2D eigenvalue weighted by molar-refractivity contribution is 5.94. The fraction of sp³-hybridized carbons (Fsp3) is 0.364. The highest BCUT2D eigenvalue weighted by Gasteiger charge is 2.30. The molecule has 0 aliphatic carbocycles. The van der Waals surface area contributed by atoms with Crippen molar-refractivity contribution in [2.24, 2.45) is 5.73 Å². The zero-order valence-electron chi connectivity index (χ0n) is 10.4. The van der Waals surface area contributed by atoms with E-state index >= 15 is 0 Å². The van der Waals surface area contributed by atoms with Gasteiger partial charge < -0.3 is 26.4 Å². The minimum absolute atomic E-state index is 0.0146. The van der Waals surface area contributed by atoms with Gasteiger partial charge in [-0.15, -0.1) is 0 Å². The van der Waals surface area contributed by atoms with Gasteiger partial charge in [-0.25, -0.2) is 0 Å². The topological polar surface area (TPSA) is 159 Å². The molecule has 20 heavy (non-hydrogen) atoms. The van der Waals surface area contributed by atoms with E-state index in [1.54, 1.807) is 0 Å². The Morgan fingerprint density at radius 3 is 2.25 bits per heavy atom. The van der Waals surface area contributed by atoms with Gasteiger partial charge in [0.2, 0.25) is 5.91 Å². The third-order valence-electron chi connectivity index (χ3n) is 2.79. The molecular formula is C11H15N3O6. The van der Waals surface area contributed by atoms with Gasteiger partial charge in [0.25, 0.3) is 5.69 Å². The average molecular weight is 285 g/mol. The third-order valence-corrected chi connectivity index (χ3v) is 2.79. The van der Waals surface area contributed by atoms with Crippen LogP contribution in [0.5, 0.6) is 0 Å². The monoisotopic (exact) mass is 285 g/mol. The van der Waals surface area contributed by atoms with Crippen molar-refractivity contribution in [3.8, 4) is 0 Å². The highest BCUT2D eigenvalue weighted by atomic mass is 16.6. The summed E-state index contributed by atoms with van der Waals surface area (Å²) < 4.78 is 0. The second kappa shape index (κ2) is 6.28. The summed E-state index contributed by atoms with van der Waals surface area (Å²) in [7, 11) is 0. The molecule has 0 radical (unpaired) electrons. The molecule has 0 saturated heterocycles. The van der Waals surface area contributed by atoms with E-state index in [-0.39, 0.29) is 16.9 Å². The van der Waals surface area contributed by atoms with E-state index in [1.165, 1.54) is 6.07 Å². The summed E-state index contributed by atoms with van der Waals surface area (Å²) in [5.41, 5.74) is 3.03. The lowest BCUT2D eigenvalue weighted by Crippen LogP contribution is -2.49. The predicted octanol–water partition coefficient (Wildman–Crippen LogP) is -1.18. The number of hydrogen-bond acceptors (Lipinski definition) is 7. The average Bonchev–Trinajstić information content (AvgIpc) is 2.44. The van der Waals surface area contributed by atoms with Crippen molar-refractivity contribution >= 4 is 17.3 Å². The van der Waals surface area contributed by atoms with Crippen LogP contribution in [-0.2, 0) is 0 Å². The second-order valence-corrected chi connectivity index (χ2v) is 4.23. The van der Waals surface area contributed by atoms with Crippen LogP contribution in [0.1, 0.15) is 10.4 Å². The summed E-state index contributed by atoms with van der Waals surface area (Å²) in [6.45, 7) is -2.01. The van der Waals surface area contributed by atoms with Crippen LogP contribution in [-0.4, -0.2) is 51.5 Å². The van der Waals surface area contributed by atoms with Gasteiger partial charge in [-0.3, -0.25) is 14.9 Å². The summed E-state index contributed by atoms with van der Waals surface area (Å²) in [6.07, 6.45) is 0. The molecule has 0 saturated carbocycles. The van der Waals surface area contributed by atoms with Crippen LogP contribution in [0.15, 0.2) is 18.2 Å². The van der Waals surface area contributed by atoms with Gasteiger partial charge >= 0.3 is 0 Å². The smallest absolute Gasteiger partial charge is 0.292 e. The minimum atomic E-state index is -1.55. The number of anilines is 1. The molecule has 0 fully saturated rings.